The molecule has 3 rings (SSSR count). The van der Waals surface area contributed by atoms with Crippen LogP contribution in [0.3, 0.4) is 0 Å². The van der Waals surface area contributed by atoms with Gasteiger partial charge in [-0.15, -0.1) is 0 Å². The second-order valence-electron chi connectivity index (χ2n) is 5.24. The van der Waals surface area contributed by atoms with Crippen LogP contribution in [0.15, 0.2) is 28.7 Å². The first kappa shape index (κ1) is 13.9. The molecule has 20 heavy (non-hydrogen) atoms. The number of carbonyl (C=O) groups is 2. The largest absolute Gasteiger partial charge is 0.298 e. The zero-order valence-electron chi connectivity index (χ0n) is 10.5. The van der Waals surface area contributed by atoms with Crippen LogP contribution >= 0.6 is 15.9 Å². The topological polar surface area (TPSA) is 71.5 Å². The van der Waals surface area contributed by atoms with Crippen LogP contribution in [0.5, 0.6) is 0 Å². The quantitative estimate of drug-likeness (QED) is 0.788. The first-order chi connectivity index (χ1) is 9.33. The molecule has 1 aromatic rings. The Morgan fingerprint density at radius 1 is 1.20 bits per heavy atom. The fourth-order valence-electron chi connectivity index (χ4n) is 2.95. The van der Waals surface area contributed by atoms with Gasteiger partial charge in [0.25, 0.3) is 0 Å². The van der Waals surface area contributed by atoms with Gasteiger partial charge in [0.2, 0.25) is 10.0 Å². The number of nitrogens with zero attached hydrogens (tertiary/aromatic N) is 1. The second kappa shape index (κ2) is 4.47. The van der Waals surface area contributed by atoms with Crippen LogP contribution in [0.2, 0.25) is 0 Å². The third kappa shape index (κ3) is 2.04. The third-order valence-corrected chi connectivity index (χ3v) is 6.17. The normalized spacial score (nSPS) is 28.9. The van der Waals surface area contributed by atoms with Gasteiger partial charge in [0.05, 0.1) is 6.54 Å². The van der Waals surface area contributed by atoms with Crippen molar-refractivity contribution in [2.75, 3.05) is 12.3 Å². The van der Waals surface area contributed by atoms with Crippen molar-refractivity contribution in [1.82, 2.24) is 4.31 Å². The lowest BCUT2D eigenvalue weighted by Gasteiger charge is -2.27. The van der Waals surface area contributed by atoms with E-state index in [-0.39, 0.29) is 31.0 Å². The van der Waals surface area contributed by atoms with E-state index in [1.54, 1.807) is 0 Å². The van der Waals surface area contributed by atoms with Crippen LogP contribution in [0.25, 0.3) is 0 Å². The lowest BCUT2D eigenvalue weighted by molar-refractivity contribution is -0.124. The molecule has 0 aromatic heterocycles. The molecule has 5 nitrogen and oxygen atoms in total. The summed E-state index contributed by atoms with van der Waals surface area (Å²) < 4.78 is 26.0. The Bertz CT molecular complexity index is 698. The average molecular weight is 358 g/mol. The Balaban J connectivity index is 2.02. The lowest BCUT2D eigenvalue weighted by Crippen LogP contribution is -2.46. The SMILES string of the molecule is O=C1CN2[C@@](Cc3ccc(Br)cc3)(C1)C(=O)CS2(=O)=O. The zero-order valence-corrected chi connectivity index (χ0v) is 12.9. The van der Waals surface area contributed by atoms with E-state index < -0.39 is 21.3 Å². The van der Waals surface area contributed by atoms with Crippen molar-refractivity contribution in [3.63, 3.8) is 0 Å². The number of benzene rings is 1. The second-order valence-corrected chi connectivity index (χ2v) is 8.05. The molecule has 0 bridgehead atoms. The van der Waals surface area contributed by atoms with Gasteiger partial charge in [0.1, 0.15) is 17.1 Å². The lowest BCUT2D eigenvalue weighted by atomic mass is 9.86. The number of hydrogen-bond acceptors (Lipinski definition) is 4. The average Bonchev–Trinajstić information content (AvgIpc) is 2.78. The molecule has 0 N–H and O–H groups in total. The Labute approximate surface area is 125 Å². The summed E-state index contributed by atoms with van der Waals surface area (Å²) in [4.78, 5) is 23.9. The van der Waals surface area contributed by atoms with E-state index >= 15 is 0 Å². The highest BCUT2D eigenvalue weighted by Crippen LogP contribution is 2.39. The minimum atomic E-state index is -3.64. The first-order valence-corrected chi connectivity index (χ1v) is 8.54. The highest BCUT2D eigenvalue weighted by Gasteiger charge is 2.61. The van der Waals surface area contributed by atoms with Gasteiger partial charge in [-0.3, -0.25) is 9.59 Å². The Kier molecular flexibility index (Phi) is 3.11. The molecule has 7 heteroatoms. The zero-order chi connectivity index (χ0) is 14.5. The van der Waals surface area contributed by atoms with Gasteiger partial charge in [0, 0.05) is 10.9 Å². The van der Waals surface area contributed by atoms with E-state index in [9.17, 15) is 18.0 Å². The van der Waals surface area contributed by atoms with Crippen LogP contribution in [0.4, 0.5) is 0 Å². The maximum absolute atomic E-state index is 12.2. The van der Waals surface area contributed by atoms with Gasteiger partial charge in [0.15, 0.2) is 5.78 Å². The standard InChI is InChI=1S/C13H12BrNO4S/c14-10-3-1-9(2-4-10)5-13-6-11(16)7-15(13)20(18,19)8-12(13)17/h1-4H,5-8H2/t13-/m0/s1. The summed E-state index contributed by atoms with van der Waals surface area (Å²) in [6.07, 6.45) is 0.241. The molecule has 106 valence electrons. The molecule has 2 heterocycles. The number of ketones is 2. The maximum atomic E-state index is 12.2. The number of fused-ring (bicyclic) bond motifs is 1. The van der Waals surface area contributed by atoms with E-state index in [0.717, 1.165) is 14.3 Å². The molecular weight excluding hydrogens is 346 g/mol. The molecule has 0 saturated carbocycles. The highest BCUT2D eigenvalue weighted by molar-refractivity contribution is 9.10. The van der Waals surface area contributed by atoms with Crippen molar-refractivity contribution in [1.29, 1.82) is 0 Å². The van der Waals surface area contributed by atoms with Gasteiger partial charge in [-0.2, -0.15) is 4.31 Å². The number of hydrogen-bond donors (Lipinski definition) is 0. The molecule has 2 saturated heterocycles. The predicted octanol–water partition coefficient (Wildman–Crippen LogP) is 0.918. The van der Waals surface area contributed by atoms with Crippen LogP contribution in [0.1, 0.15) is 12.0 Å². The van der Waals surface area contributed by atoms with Gasteiger partial charge in [-0.05, 0) is 24.1 Å². The summed E-state index contributed by atoms with van der Waals surface area (Å²) >= 11 is 3.32. The highest BCUT2D eigenvalue weighted by atomic mass is 79.9. The van der Waals surface area contributed by atoms with Crippen molar-refractivity contribution in [3.05, 3.63) is 34.3 Å². The van der Waals surface area contributed by atoms with E-state index in [1.165, 1.54) is 0 Å². The number of rotatable bonds is 2. The van der Waals surface area contributed by atoms with Crippen molar-refractivity contribution in [2.24, 2.45) is 0 Å². The van der Waals surface area contributed by atoms with E-state index in [1.807, 2.05) is 24.3 Å². The van der Waals surface area contributed by atoms with Crippen LogP contribution in [-0.2, 0) is 26.0 Å². The fraction of sp³-hybridized carbons (Fsp3) is 0.385. The van der Waals surface area contributed by atoms with Gasteiger partial charge in [-0.25, -0.2) is 8.42 Å². The predicted molar refractivity (Wildman–Crippen MR) is 75.7 cm³/mol. The molecule has 2 aliphatic rings. The molecule has 2 aliphatic heterocycles. The molecule has 0 radical (unpaired) electrons. The Morgan fingerprint density at radius 3 is 2.50 bits per heavy atom. The minimum absolute atomic E-state index is 0.0128. The molecule has 0 spiro atoms. The van der Waals surface area contributed by atoms with Crippen molar-refractivity contribution in [2.45, 2.75) is 18.4 Å². The van der Waals surface area contributed by atoms with Crippen molar-refractivity contribution >= 4 is 37.5 Å². The molecule has 0 amide bonds. The minimum Gasteiger partial charge on any atom is -0.298 e. The number of halogens is 1. The monoisotopic (exact) mass is 357 g/mol. The Morgan fingerprint density at radius 2 is 1.85 bits per heavy atom. The van der Waals surface area contributed by atoms with Gasteiger partial charge >= 0.3 is 0 Å². The fourth-order valence-corrected chi connectivity index (χ4v) is 5.08. The summed E-state index contributed by atoms with van der Waals surface area (Å²) in [5.41, 5.74) is -0.345. The number of Topliss-reactive ketones (excluding diaryl/α,β-unsaturated/α-hetero) is 2. The molecule has 1 atom stereocenters. The Hall–Kier alpha value is -1.05. The molecular formula is C13H12BrNO4S. The van der Waals surface area contributed by atoms with E-state index in [0.29, 0.717) is 0 Å². The summed E-state index contributed by atoms with van der Waals surface area (Å²) in [6, 6.07) is 7.33. The number of carbonyl (C=O) groups excluding carboxylic acids is 2. The summed E-state index contributed by atoms with van der Waals surface area (Å²) in [7, 11) is -3.64. The maximum Gasteiger partial charge on any atom is 0.222 e. The van der Waals surface area contributed by atoms with E-state index in [2.05, 4.69) is 15.9 Å². The summed E-state index contributed by atoms with van der Waals surface area (Å²) in [5.74, 6) is -1.05. The summed E-state index contributed by atoms with van der Waals surface area (Å²) in [5, 5.41) is 0. The van der Waals surface area contributed by atoms with E-state index in [4.69, 9.17) is 0 Å². The van der Waals surface area contributed by atoms with Crippen LogP contribution in [-0.4, -0.2) is 42.1 Å². The smallest absolute Gasteiger partial charge is 0.222 e. The molecule has 1 aromatic carbocycles. The molecule has 2 fully saturated rings. The summed E-state index contributed by atoms with van der Waals surface area (Å²) in [6.45, 7) is -0.176. The molecule has 0 unspecified atom stereocenters. The van der Waals surface area contributed by atoms with Crippen LogP contribution < -0.4 is 0 Å². The third-order valence-electron chi connectivity index (χ3n) is 3.87. The van der Waals surface area contributed by atoms with Crippen LogP contribution in [0, 0.1) is 0 Å². The van der Waals surface area contributed by atoms with Gasteiger partial charge < -0.3 is 0 Å². The van der Waals surface area contributed by atoms with Gasteiger partial charge in [-0.1, -0.05) is 28.1 Å². The number of sulfonamides is 1. The van der Waals surface area contributed by atoms with Crippen molar-refractivity contribution < 1.29 is 18.0 Å². The molecule has 0 aliphatic carbocycles. The first-order valence-electron chi connectivity index (χ1n) is 6.13. The van der Waals surface area contributed by atoms with Crippen molar-refractivity contribution in [3.8, 4) is 0 Å².